The Labute approximate surface area is 159 Å². The van der Waals surface area contributed by atoms with E-state index in [4.69, 9.17) is 4.74 Å². The second-order valence-corrected chi connectivity index (χ2v) is 6.84. The summed E-state index contributed by atoms with van der Waals surface area (Å²) in [6.45, 7) is 4.33. The molecule has 2 aromatic carbocycles. The van der Waals surface area contributed by atoms with Gasteiger partial charge in [-0.3, -0.25) is 9.69 Å². The molecule has 0 unspecified atom stereocenters. The highest BCUT2D eigenvalue weighted by atomic mass is 19.1. The number of carbonyl (C=O) groups is 1. The van der Waals surface area contributed by atoms with E-state index in [0.717, 1.165) is 43.2 Å². The number of anilines is 1. The minimum Gasteiger partial charge on any atom is -0.497 e. The van der Waals surface area contributed by atoms with Crippen LogP contribution < -0.4 is 9.64 Å². The Bertz CT molecular complexity index is 758. The van der Waals surface area contributed by atoms with Crippen molar-refractivity contribution in [3.05, 3.63) is 59.9 Å². The molecule has 1 aliphatic rings. The Morgan fingerprint density at radius 1 is 1.11 bits per heavy atom. The number of methoxy groups -OCH3 is 1. The lowest BCUT2D eigenvalue weighted by molar-refractivity contribution is -0.131. The highest BCUT2D eigenvalue weighted by molar-refractivity contribution is 5.78. The van der Waals surface area contributed by atoms with Gasteiger partial charge in [-0.1, -0.05) is 18.2 Å². The molecular weight excluding hydrogens is 345 g/mol. The number of halogens is 1. The number of benzene rings is 2. The molecule has 1 heterocycles. The molecule has 0 aliphatic carbocycles. The maximum absolute atomic E-state index is 13.0. The number of carbonyl (C=O) groups excluding carboxylic acids is 1. The van der Waals surface area contributed by atoms with Crippen molar-refractivity contribution in [1.29, 1.82) is 0 Å². The summed E-state index contributed by atoms with van der Waals surface area (Å²) in [6.07, 6.45) is 0. The summed E-state index contributed by atoms with van der Waals surface area (Å²) in [5.41, 5.74) is 2.07. The van der Waals surface area contributed by atoms with Crippen LogP contribution in [0.5, 0.6) is 5.75 Å². The number of likely N-dealkylation sites (N-methyl/N-ethyl adjacent to an activating group) is 1. The molecule has 144 valence electrons. The van der Waals surface area contributed by atoms with Crippen LogP contribution in [0, 0.1) is 5.82 Å². The summed E-state index contributed by atoms with van der Waals surface area (Å²) in [5, 5.41) is 0. The summed E-state index contributed by atoms with van der Waals surface area (Å²) < 4.78 is 18.3. The predicted octanol–water partition coefficient (Wildman–Crippen LogP) is 2.61. The lowest BCUT2D eigenvalue weighted by Gasteiger charge is -2.36. The Balaban J connectivity index is 1.48. The summed E-state index contributed by atoms with van der Waals surface area (Å²) in [6, 6.07) is 14.3. The zero-order valence-electron chi connectivity index (χ0n) is 15.9. The molecule has 6 heteroatoms. The zero-order chi connectivity index (χ0) is 19.2. The van der Waals surface area contributed by atoms with E-state index in [1.54, 1.807) is 31.2 Å². The van der Waals surface area contributed by atoms with E-state index in [1.807, 2.05) is 18.2 Å². The molecule has 1 fully saturated rings. The quantitative estimate of drug-likeness (QED) is 0.782. The third kappa shape index (κ3) is 5.20. The van der Waals surface area contributed by atoms with Crippen LogP contribution in [0.2, 0.25) is 0 Å². The van der Waals surface area contributed by atoms with Crippen LogP contribution in [0.3, 0.4) is 0 Å². The SMILES string of the molecule is COc1cccc(N2CCN(CC(=O)N(C)Cc3ccc(F)cc3)CC2)c1. The molecule has 0 spiro atoms. The van der Waals surface area contributed by atoms with Crippen molar-refractivity contribution in [3.63, 3.8) is 0 Å². The van der Waals surface area contributed by atoms with E-state index in [0.29, 0.717) is 13.1 Å². The standard InChI is InChI=1S/C21H26FN3O2/c1-23(15-17-6-8-18(22)9-7-17)21(26)16-24-10-12-25(13-11-24)19-4-3-5-20(14-19)27-2/h3-9,14H,10-13,15-16H2,1-2H3. The minimum atomic E-state index is -0.262. The van der Waals surface area contributed by atoms with Gasteiger partial charge < -0.3 is 14.5 Å². The molecule has 0 saturated carbocycles. The van der Waals surface area contributed by atoms with Crippen molar-refractivity contribution in [2.45, 2.75) is 6.54 Å². The summed E-state index contributed by atoms with van der Waals surface area (Å²) >= 11 is 0. The van der Waals surface area contributed by atoms with E-state index in [2.05, 4.69) is 15.9 Å². The van der Waals surface area contributed by atoms with Gasteiger partial charge in [0.15, 0.2) is 0 Å². The number of ether oxygens (including phenoxy) is 1. The van der Waals surface area contributed by atoms with Crippen LogP contribution in [0.15, 0.2) is 48.5 Å². The Hall–Kier alpha value is -2.60. The van der Waals surface area contributed by atoms with Gasteiger partial charge in [-0.25, -0.2) is 4.39 Å². The number of hydrogen-bond donors (Lipinski definition) is 0. The summed E-state index contributed by atoms with van der Waals surface area (Å²) in [5.74, 6) is 0.670. The van der Waals surface area contributed by atoms with Crippen molar-refractivity contribution in [3.8, 4) is 5.75 Å². The fourth-order valence-electron chi connectivity index (χ4n) is 3.24. The molecule has 1 saturated heterocycles. The molecule has 0 atom stereocenters. The van der Waals surface area contributed by atoms with E-state index < -0.39 is 0 Å². The molecule has 5 nitrogen and oxygen atoms in total. The van der Waals surface area contributed by atoms with Crippen molar-refractivity contribution < 1.29 is 13.9 Å². The number of amides is 1. The molecule has 3 rings (SSSR count). The van der Waals surface area contributed by atoms with Gasteiger partial charge in [-0.15, -0.1) is 0 Å². The Morgan fingerprint density at radius 3 is 2.48 bits per heavy atom. The molecular formula is C21H26FN3O2. The van der Waals surface area contributed by atoms with Crippen LogP contribution >= 0.6 is 0 Å². The molecule has 2 aromatic rings. The van der Waals surface area contributed by atoms with Gasteiger partial charge in [0.1, 0.15) is 11.6 Å². The molecule has 1 amide bonds. The van der Waals surface area contributed by atoms with E-state index in [-0.39, 0.29) is 11.7 Å². The highest BCUT2D eigenvalue weighted by Gasteiger charge is 2.21. The minimum absolute atomic E-state index is 0.0779. The largest absolute Gasteiger partial charge is 0.497 e. The second kappa shape index (κ2) is 8.86. The maximum atomic E-state index is 13.0. The summed E-state index contributed by atoms with van der Waals surface area (Å²) in [4.78, 5) is 18.7. The van der Waals surface area contributed by atoms with Crippen LogP contribution in [-0.4, -0.2) is 62.6 Å². The predicted molar refractivity (Wildman–Crippen MR) is 105 cm³/mol. The fourth-order valence-corrected chi connectivity index (χ4v) is 3.24. The van der Waals surface area contributed by atoms with Crippen LogP contribution in [0.25, 0.3) is 0 Å². The zero-order valence-corrected chi connectivity index (χ0v) is 15.9. The lowest BCUT2D eigenvalue weighted by Crippen LogP contribution is -2.49. The highest BCUT2D eigenvalue weighted by Crippen LogP contribution is 2.22. The van der Waals surface area contributed by atoms with Crippen LogP contribution in [-0.2, 0) is 11.3 Å². The van der Waals surface area contributed by atoms with Crippen molar-refractivity contribution >= 4 is 11.6 Å². The van der Waals surface area contributed by atoms with E-state index >= 15 is 0 Å². The van der Waals surface area contributed by atoms with Gasteiger partial charge in [-0.05, 0) is 29.8 Å². The monoisotopic (exact) mass is 371 g/mol. The van der Waals surface area contributed by atoms with E-state index in [1.165, 1.54) is 12.1 Å². The number of hydrogen-bond acceptors (Lipinski definition) is 4. The number of nitrogens with zero attached hydrogens (tertiary/aromatic N) is 3. The summed E-state index contributed by atoms with van der Waals surface area (Å²) in [7, 11) is 3.46. The van der Waals surface area contributed by atoms with Gasteiger partial charge in [0.25, 0.3) is 0 Å². The van der Waals surface area contributed by atoms with Crippen LogP contribution in [0.1, 0.15) is 5.56 Å². The second-order valence-electron chi connectivity index (χ2n) is 6.84. The van der Waals surface area contributed by atoms with E-state index in [9.17, 15) is 9.18 Å². The molecule has 0 radical (unpaired) electrons. The average molecular weight is 371 g/mol. The topological polar surface area (TPSA) is 36.0 Å². The van der Waals surface area contributed by atoms with Gasteiger partial charge in [0.05, 0.1) is 13.7 Å². The van der Waals surface area contributed by atoms with Gasteiger partial charge in [-0.2, -0.15) is 0 Å². The van der Waals surface area contributed by atoms with Crippen LogP contribution in [0.4, 0.5) is 10.1 Å². The Morgan fingerprint density at radius 2 is 1.81 bits per heavy atom. The smallest absolute Gasteiger partial charge is 0.236 e. The molecule has 0 aromatic heterocycles. The third-order valence-electron chi connectivity index (χ3n) is 4.91. The third-order valence-corrected chi connectivity index (χ3v) is 4.91. The van der Waals surface area contributed by atoms with Gasteiger partial charge in [0, 0.05) is 51.5 Å². The lowest BCUT2D eigenvalue weighted by atomic mass is 10.2. The average Bonchev–Trinajstić information content (AvgIpc) is 2.70. The normalized spacial score (nSPS) is 14.9. The van der Waals surface area contributed by atoms with Gasteiger partial charge >= 0.3 is 0 Å². The van der Waals surface area contributed by atoms with Crippen molar-refractivity contribution in [1.82, 2.24) is 9.80 Å². The maximum Gasteiger partial charge on any atom is 0.236 e. The molecule has 0 N–H and O–H groups in total. The fraction of sp³-hybridized carbons (Fsp3) is 0.381. The molecule has 1 aliphatic heterocycles. The first-order valence-corrected chi connectivity index (χ1v) is 9.15. The van der Waals surface area contributed by atoms with Gasteiger partial charge in [0.2, 0.25) is 5.91 Å². The molecule has 27 heavy (non-hydrogen) atoms. The first-order valence-electron chi connectivity index (χ1n) is 9.15. The Kier molecular flexibility index (Phi) is 6.29. The van der Waals surface area contributed by atoms with Crippen molar-refractivity contribution in [2.75, 3.05) is 51.8 Å². The van der Waals surface area contributed by atoms with Crippen molar-refractivity contribution in [2.24, 2.45) is 0 Å². The first-order chi connectivity index (χ1) is 13.0. The number of rotatable bonds is 6. The first kappa shape index (κ1) is 19.2. The molecule has 0 bridgehead atoms. The number of piperazine rings is 1.